The number of thiophene rings is 1. The molecule has 6 aromatic rings. The minimum absolute atomic E-state index is 0.0176. The number of aromatic nitrogens is 3. The number of fused-ring (bicyclic) bond motifs is 3. The molecule has 0 saturated carbocycles. The fourth-order valence-electron chi connectivity index (χ4n) is 4.59. The summed E-state index contributed by atoms with van der Waals surface area (Å²) in [5.74, 6) is -0.0784. The first kappa shape index (κ1) is 26.5. The van der Waals surface area contributed by atoms with Crippen LogP contribution in [-0.4, -0.2) is 36.9 Å². The van der Waals surface area contributed by atoms with Gasteiger partial charge in [-0.3, -0.25) is 9.59 Å². The molecule has 0 spiro atoms. The zero-order valence-electron chi connectivity index (χ0n) is 21.7. The molecular weight excluding hydrogens is 522 g/mol. The van der Waals surface area contributed by atoms with E-state index in [1.807, 2.05) is 84.2 Å². The van der Waals surface area contributed by atoms with Crippen molar-refractivity contribution in [2.24, 2.45) is 0 Å². The van der Waals surface area contributed by atoms with E-state index in [1.54, 1.807) is 0 Å². The Labute approximate surface area is 234 Å². The molecule has 0 atom stereocenters. The van der Waals surface area contributed by atoms with Crippen molar-refractivity contribution in [3.63, 3.8) is 0 Å². The van der Waals surface area contributed by atoms with Crippen molar-refractivity contribution in [2.45, 2.75) is 13.5 Å². The van der Waals surface area contributed by atoms with Gasteiger partial charge in [0.15, 0.2) is 5.78 Å². The second-order valence-corrected chi connectivity index (χ2v) is 9.89. The van der Waals surface area contributed by atoms with Gasteiger partial charge in [-0.05, 0) is 60.3 Å². The van der Waals surface area contributed by atoms with E-state index >= 15 is 0 Å². The van der Waals surface area contributed by atoms with Gasteiger partial charge in [0.2, 0.25) is 5.78 Å². The number of Topliss-reactive ketones (excluding diaryl/α,β-unsaturated/α-hetero) is 1. The number of nitrogens with zero attached hydrogens (tertiary/aromatic N) is 3. The largest absolute Gasteiger partial charge is 0.464 e. The van der Waals surface area contributed by atoms with Crippen LogP contribution < -0.4 is 0 Å². The average molecular weight is 548 g/mol. The topological polar surface area (TPSA) is 94.2 Å². The Hall–Kier alpha value is -5.08. The van der Waals surface area contributed by atoms with Gasteiger partial charge in [0.25, 0.3) is 0 Å². The highest BCUT2D eigenvalue weighted by Crippen LogP contribution is 2.32. The number of carbonyl (C=O) groups is 3. The molecule has 0 saturated heterocycles. The molecule has 3 aromatic carbocycles. The highest BCUT2D eigenvalue weighted by Gasteiger charge is 2.18. The maximum atomic E-state index is 13.2. The summed E-state index contributed by atoms with van der Waals surface area (Å²) >= 11 is 1.44. The predicted octanol–water partition coefficient (Wildman–Crippen LogP) is 7.41. The summed E-state index contributed by atoms with van der Waals surface area (Å²) in [6, 6.07) is 24.9. The van der Waals surface area contributed by atoms with Crippen molar-refractivity contribution in [3.8, 4) is 0 Å². The van der Waals surface area contributed by atoms with E-state index in [-0.39, 0.29) is 11.6 Å². The monoisotopic (exact) mass is 547 g/mol. The van der Waals surface area contributed by atoms with Crippen molar-refractivity contribution in [3.05, 3.63) is 131 Å². The fourth-order valence-corrected chi connectivity index (χ4v) is 5.28. The van der Waals surface area contributed by atoms with E-state index in [9.17, 15) is 14.4 Å². The molecule has 6 rings (SSSR count). The minimum Gasteiger partial charge on any atom is -0.464 e. The number of allylic oxidation sites excluding steroid dienone is 1. The van der Waals surface area contributed by atoms with E-state index in [0.29, 0.717) is 16.7 Å². The molecule has 0 radical (unpaired) electrons. The standard InChI is InChI=1S/C28H21NO2S.C4H4N2O2/c1-3-29-24-13-11-20(27(30)18(2)19-8-5-4-6-9-19)16-22(24)23-17-21(12-14-25(23)29)28(31)26-10-7-15-32-26;7-4(8)6-2-1-5-3-6/h4-17H,2-3H2,1H3;1-3H,(H,7,8). The van der Waals surface area contributed by atoms with Crippen molar-refractivity contribution in [1.82, 2.24) is 14.1 Å². The number of ketones is 2. The predicted molar refractivity (Wildman–Crippen MR) is 158 cm³/mol. The lowest BCUT2D eigenvalue weighted by atomic mass is 9.97. The van der Waals surface area contributed by atoms with Gasteiger partial charge in [0, 0.05) is 57.4 Å². The van der Waals surface area contributed by atoms with Crippen LogP contribution in [0.4, 0.5) is 4.79 Å². The number of hydrogen-bond donors (Lipinski definition) is 1. The van der Waals surface area contributed by atoms with Crippen LogP contribution in [0.3, 0.4) is 0 Å². The molecule has 40 heavy (non-hydrogen) atoms. The van der Waals surface area contributed by atoms with Crippen LogP contribution in [0.25, 0.3) is 27.4 Å². The van der Waals surface area contributed by atoms with Gasteiger partial charge >= 0.3 is 6.09 Å². The number of carboxylic acid groups (broad SMARTS) is 1. The summed E-state index contributed by atoms with van der Waals surface area (Å²) in [7, 11) is 0. The first-order valence-corrected chi connectivity index (χ1v) is 13.4. The van der Waals surface area contributed by atoms with Crippen molar-refractivity contribution < 1.29 is 19.5 Å². The summed E-state index contributed by atoms with van der Waals surface area (Å²) in [6.45, 7) is 6.92. The smallest absolute Gasteiger partial charge is 0.416 e. The summed E-state index contributed by atoms with van der Waals surface area (Å²) in [6.07, 6.45) is 2.99. The highest BCUT2D eigenvalue weighted by atomic mass is 32.1. The van der Waals surface area contributed by atoms with Gasteiger partial charge < -0.3 is 9.67 Å². The second kappa shape index (κ2) is 11.3. The average Bonchev–Trinajstić information content (AvgIpc) is 3.77. The zero-order chi connectivity index (χ0) is 28.2. The third-order valence-electron chi connectivity index (χ3n) is 6.57. The summed E-state index contributed by atoms with van der Waals surface area (Å²) in [5.41, 5.74) is 4.63. The van der Waals surface area contributed by atoms with E-state index in [1.165, 1.54) is 30.1 Å². The van der Waals surface area contributed by atoms with Crippen LogP contribution >= 0.6 is 11.3 Å². The number of aryl methyl sites for hydroxylation is 1. The molecule has 0 aliphatic heterocycles. The van der Waals surface area contributed by atoms with E-state index in [4.69, 9.17) is 5.11 Å². The third kappa shape index (κ3) is 5.12. The van der Waals surface area contributed by atoms with E-state index in [0.717, 1.165) is 43.4 Å². The van der Waals surface area contributed by atoms with Crippen LogP contribution in [0.15, 0.2) is 110 Å². The number of benzene rings is 3. The molecule has 0 unspecified atom stereocenters. The normalized spacial score (nSPS) is 10.7. The van der Waals surface area contributed by atoms with Gasteiger partial charge in [0.05, 0.1) is 4.88 Å². The van der Waals surface area contributed by atoms with Gasteiger partial charge in [-0.1, -0.05) is 43.0 Å². The Bertz CT molecular complexity index is 1850. The van der Waals surface area contributed by atoms with Gasteiger partial charge in [0.1, 0.15) is 6.33 Å². The molecule has 0 bridgehead atoms. The molecule has 1 N–H and O–H groups in total. The van der Waals surface area contributed by atoms with E-state index in [2.05, 4.69) is 23.1 Å². The summed E-state index contributed by atoms with van der Waals surface area (Å²) in [4.78, 5) is 40.3. The molecule has 0 aliphatic rings. The van der Waals surface area contributed by atoms with Gasteiger partial charge in [-0.15, -0.1) is 11.3 Å². The van der Waals surface area contributed by atoms with Crippen molar-refractivity contribution >= 4 is 56.4 Å². The Morgan fingerprint density at radius 2 is 1.55 bits per heavy atom. The lowest BCUT2D eigenvalue weighted by Crippen LogP contribution is -2.03. The lowest BCUT2D eigenvalue weighted by Gasteiger charge is -2.06. The fraction of sp³-hybridized carbons (Fsp3) is 0.0625. The van der Waals surface area contributed by atoms with E-state index < -0.39 is 6.09 Å². The van der Waals surface area contributed by atoms with Gasteiger partial charge in [-0.2, -0.15) is 0 Å². The summed E-state index contributed by atoms with van der Waals surface area (Å²) in [5, 5.41) is 12.0. The van der Waals surface area contributed by atoms with Crippen LogP contribution in [0, 0.1) is 0 Å². The first-order chi connectivity index (χ1) is 19.4. The lowest BCUT2D eigenvalue weighted by molar-refractivity contribution is 0.103. The number of hydrogen-bond acceptors (Lipinski definition) is 5. The van der Waals surface area contributed by atoms with Crippen LogP contribution in [0.2, 0.25) is 0 Å². The molecule has 7 nitrogen and oxygen atoms in total. The number of rotatable bonds is 6. The molecule has 3 heterocycles. The summed E-state index contributed by atoms with van der Waals surface area (Å²) < 4.78 is 3.18. The highest BCUT2D eigenvalue weighted by molar-refractivity contribution is 7.12. The SMILES string of the molecule is C=C(C(=O)c1ccc2c(c1)c1cc(C(=O)c3cccs3)ccc1n2CC)c1ccccc1.O=C(O)n1ccnc1. The second-order valence-electron chi connectivity index (χ2n) is 8.94. The molecule has 3 aromatic heterocycles. The molecule has 0 amide bonds. The minimum atomic E-state index is -1.01. The first-order valence-electron chi connectivity index (χ1n) is 12.5. The van der Waals surface area contributed by atoms with Crippen molar-refractivity contribution in [1.29, 1.82) is 0 Å². The quantitative estimate of drug-likeness (QED) is 0.173. The van der Waals surface area contributed by atoms with Crippen LogP contribution in [0.5, 0.6) is 0 Å². The Kier molecular flexibility index (Phi) is 7.52. The molecule has 198 valence electrons. The van der Waals surface area contributed by atoms with Crippen molar-refractivity contribution in [2.75, 3.05) is 0 Å². The Balaban J connectivity index is 0.000000348. The maximum Gasteiger partial charge on any atom is 0.416 e. The molecule has 0 fully saturated rings. The number of imidazole rings is 1. The molecular formula is C32H25N3O4S. The Morgan fingerprint density at radius 1 is 0.875 bits per heavy atom. The van der Waals surface area contributed by atoms with Crippen LogP contribution in [-0.2, 0) is 6.54 Å². The zero-order valence-corrected chi connectivity index (χ0v) is 22.5. The number of carbonyl (C=O) groups excluding carboxylic acids is 2. The van der Waals surface area contributed by atoms with Gasteiger partial charge in [-0.25, -0.2) is 14.3 Å². The Morgan fingerprint density at radius 3 is 2.10 bits per heavy atom. The van der Waals surface area contributed by atoms with Crippen LogP contribution in [0.1, 0.15) is 38.1 Å². The molecule has 0 aliphatic carbocycles. The third-order valence-corrected chi connectivity index (χ3v) is 7.44. The molecule has 8 heteroatoms. The maximum absolute atomic E-state index is 13.2.